The molecule has 0 aliphatic rings. The molecule has 0 saturated heterocycles. The Balaban J connectivity index is 2.27. The van der Waals surface area contributed by atoms with Crippen LogP contribution in [0, 0.1) is 0 Å². The van der Waals surface area contributed by atoms with Crippen LogP contribution in [0.4, 0.5) is 0 Å². The smallest absolute Gasteiger partial charge is 0.166 e. The molecule has 0 spiro atoms. The number of aliphatic hydroxyl groups excluding tert-OH is 1. The van der Waals surface area contributed by atoms with E-state index in [1.165, 1.54) is 6.07 Å². The van der Waals surface area contributed by atoms with Gasteiger partial charge in [-0.1, -0.05) is 54.6 Å². The van der Waals surface area contributed by atoms with E-state index in [1.54, 1.807) is 18.2 Å². The summed E-state index contributed by atoms with van der Waals surface area (Å²) in [5.74, 6) is 0. The summed E-state index contributed by atoms with van der Waals surface area (Å²) in [4.78, 5) is 11.0. The van der Waals surface area contributed by atoms with Crippen LogP contribution in [0.25, 0.3) is 0 Å². The van der Waals surface area contributed by atoms with E-state index in [1.807, 2.05) is 30.3 Å². The number of carbonyl (C=O) groups is 1. The molecule has 4 heteroatoms. The fraction of sp³-hybridized carbons (Fsp3) is 0.188. The number of aliphatic hydroxyl groups is 2. The second-order valence-electron chi connectivity index (χ2n) is 4.74. The maximum Gasteiger partial charge on any atom is 0.166 e. The van der Waals surface area contributed by atoms with Crippen molar-refractivity contribution in [1.82, 2.24) is 0 Å². The summed E-state index contributed by atoms with van der Waals surface area (Å²) in [5.41, 5.74) is 5.22. The van der Waals surface area contributed by atoms with Gasteiger partial charge in [-0.15, -0.1) is 0 Å². The Morgan fingerprint density at radius 3 is 2.35 bits per heavy atom. The van der Waals surface area contributed by atoms with Crippen LogP contribution < -0.4 is 5.73 Å². The van der Waals surface area contributed by atoms with Gasteiger partial charge in [0.1, 0.15) is 12.4 Å². The molecule has 0 fully saturated rings. The van der Waals surface area contributed by atoms with Gasteiger partial charge in [-0.25, -0.2) is 0 Å². The lowest BCUT2D eigenvalue weighted by Crippen LogP contribution is -2.49. The second-order valence-corrected chi connectivity index (χ2v) is 4.74. The largest absolute Gasteiger partial charge is 0.388 e. The fourth-order valence-corrected chi connectivity index (χ4v) is 2.14. The second kappa shape index (κ2) is 5.96. The van der Waals surface area contributed by atoms with Crippen LogP contribution >= 0.6 is 0 Å². The van der Waals surface area contributed by atoms with Gasteiger partial charge in [0.05, 0.1) is 0 Å². The van der Waals surface area contributed by atoms with Crippen LogP contribution in [-0.2, 0) is 12.1 Å². The number of hydrogen-bond acceptors (Lipinski definition) is 4. The lowest BCUT2D eigenvalue weighted by Gasteiger charge is -2.30. The molecule has 0 heterocycles. The summed E-state index contributed by atoms with van der Waals surface area (Å²) in [6.45, 7) is 0. The van der Waals surface area contributed by atoms with Crippen LogP contribution in [0.2, 0.25) is 0 Å². The number of carbonyl (C=O) groups excluding carboxylic acids is 1. The summed E-state index contributed by atoms with van der Waals surface area (Å²) in [7, 11) is 0. The normalized spacial score (nSPS) is 15.3. The molecule has 0 aliphatic heterocycles. The molecule has 4 N–H and O–H groups in total. The Kier molecular flexibility index (Phi) is 4.29. The van der Waals surface area contributed by atoms with Gasteiger partial charge in [0.2, 0.25) is 0 Å². The minimum Gasteiger partial charge on any atom is -0.388 e. The van der Waals surface area contributed by atoms with E-state index in [0.29, 0.717) is 6.29 Å². The van der Waals surface area contributed by atoms with Crippen LogP contribution in [0.1, 0.15) is 21.5 Å². The lowest BCUT2D eigenvalue weighted by atomic mass is 9.90. The summed E-state index contributed by atoms with van der Waals surface area (Å²) in [5, 5.41) is 20.6. The van der Waals surface area contributed by atoms with Crippen molar-refractivity contribution < 1.29 is 15.0 Å². The van der Waals surface area contributed by atoms with Gasteiger partial charge in [0, 0.05) is 17.5 Å². The van der Waals surface area contributed by atoms with Crippen molar-refractivity contribution in [3.05, 3.63) is 71.3 Å². The molecule has 104 valence electrons. The number of nitrogens with two attached hydrogens (primary N) is 1. The van der Waals surface area contributed by atoms with Crippen LogP contribution in [0.3, 0.4) is 0 Å². The van der Waals surface area contributed by atoms with Crippen LogP contribution in [-0.4, -0.2) is 22.6 Å². The van der Waals surface area contributed by atoms with Gasteiger partial charge in [-0.3, -0.25) is 10.5 Å². The molecule has 0 unspecified atom stereocenters. The van der Waals surface area contributed by atoms with Crippen molar-refractivity contribution in [2.45, 2.75) is 18.2 Å². The lowest BCUT2D eigenvalue weighted by molar-refractivity contribution is -0.0759. The van der Waals surface area contributed by atoms with Gasteiger partial charge in [0.15, 0.2) is 5.72 Å². The zero-order valence-electron chi connectivity index (χ0n) is 10.9. The topological polar surface area (TPSA) is 83.5 Å². The summed E-state index contributed by atoms with van der Waals surface area (Å²) in [6.07, 6.45) is -0.408. The van der Waals surface area contributed by atoms with Gasteiger partial charge >= 0.3 is 0 Å². The first-order valence-corrected chi connectivity index (χ1v) is 6.33. The van der Waals surface area contributed by atoms with Crippen LogP contribution in [0.15, 0.2) is 54.6 Å². The number of rotatable bonds is 5. The van der Waals surface area contributed by atoms with Crippen molar-refractivity contribution in [3.63, 3.8) is 0 Å². The molecule has 2 aromatic rings. The first-order valence-electron chi connectivity index (χ1n) is 6.33. The minimum atomic E-state index is -1.98. The van der Waals surface area contributed by atoms with Crippen molar-refractivity contribution in [2.24, 2.45) is 5.73 Å². The molecule has 0 radical (unpaired) electrons. The third-order valence-electron chi connectivity index (χ3n) is 3.30. The molecule has 0 aliphatic carbocycles. The molecule has 4 nitrogen and oxygen atoms in total. The van der Waals surface area contributed by atoms with E-state index in [0.717, 1.165) is 5.56 Å². The molecule has 2 atom stereocenters. The first kappa shape index (κ1) is 14.4. The van der Waals surface area contributed by atoms with E-state index < -0.39 is 11.8 Å². The zero-order chi connectivity index (χ0) is 14.6. The minimum absolute atomic E-state index is 0.195. The predicted molar refractivity (Wildman–Crippen MR) is 76.1 cm³/mol. The highest BCUT2D eigenvalue weighted by Crippen LogP contribution is 2.24. The molecular formula is C16H17NO3. The van der Waals surface area contributed by atoms with Crippen molar-refractivity contribution in [3.8, 4) is 0 Å². The summed E-state index contributed by atoms with van der Waals surface area (Å²) >= 11 is 0. The molecular weight excluding hydrogens is 254 g/mol. The summed E-state index contributed by atoms with van der Waals surface area (Å²) in [6, 6.07) is 15.7. The van der Waals surface area contributed by atoms with E-state index in [9.17, 15) is 15.0 Å². The van der Waals surface area contributed by atoms with Crippen molar-refractivity contribution >= 4 is 6.29 Å². The quantitative estimate of drug-likeness (QED) is 0.564. The maximum atomic E-state index is 11.0. The summed E-state index contributed by atoms with van der Waals surface area (Å²) < 4.78 is 0. The average Bonchev–Trinajstić information content (AvgIpc) is 2.48. The van der Waals surface area contributed by atoms with E-state index in [4.69, 9.17) is 5.73 Å². The highest BCUT2D eigenvalue weighted by molar-refractivity contribution is 5.77. The standard InChI is InChI=1S/C16H17NO3/c17-16(20,14-9-5-4-8-13(14)11-18)15(19)10-12-6-2-1-3-7-12/h1-9,11,15,19-20H,10,17H2/t15-,16-/m0/s1. The molecule has 0 aromatic heterocycles. The Labute approximate surface area is 117 Å². The highest BCUT2D eigenvalue weighted by atomic mass is 16.4. The third kappa shape index (κ3) is 2.93. The van der Waals surface area contributed by atoms with E-state index in [-0.39, 0.29) is 17.5 Å². The Morgan fingerprint density at radius 2 is 1.70 bits per heavy atom. The Hall–Kier alpha value is -2.01. The molecule has 0 bridgehead atoms. The zero-order valence-corrected chi connectivity index (χ0v) is 10.9. The van der Waals surface area contributed by atoms with Crippen molar-refractivity contribution in [1.29, 1.82) is 0 Å². The number of benzene rings is 2. The highest BCUT2D eigenvalue weighted by Gasteiger charge is 2.34. The molecule has 2 aromatic carbocycles. The fourth-order valence-electron chi connectivity index (χ4n) is 2.14. The SMILES string of the molecule is N[C@](O)(c1ccccc1C=O)[C@@H](O)Cc1ccccc1. The first-order chi connectivity index (χ1) is 9.55. The molecule has 0 amide bonds. The van der Waals surface area contributed by atoms with Crippen LogP contribution in [0.5, 0.6) is 0 Å². The number of aldehydes is 1. The van der Waals surface area contributed by atoms with E-state index in [2.05, 4.69) is 0 Å². The number of hydrogen-bond donors (Lipinski definition) is 3. The maximum absolute atomic E-state index is 11.0. The van der Waals surface area contributed by atoms with Gasteiger partial charge in [0.25, 0.3) is 0 Å². The molecule has 20 heavy (non-hydrogen) atoms. The van der Waals surface area contributed by atoms with Gasteiger partial charge < -0.3 is 10.2 Å². The Bertz CT molecular complexity index is 581. The molecule has 2 rings (SSSR count). The predicted octanol–water partition coefficient (Wildman–Crippen LogP) is 1.21. The van der Waals surface area contributed by atoms with Gasteiger partial charge in [-0.05, 0) is 5.56 Å². The third-order valence-corrected chi connectivity index (χ3v) is 3.30. The average molecular weight is 271 g/mol. The van der Waals surface area contributed by atoms with E-state index >= 15 is 0 Å². The monoisotopic (exact) mass is 271 g/mol. The van der Waals surface area contributed by atoms with Crippen molar-refractivity contribution in [2.75, 3.05) is 0 Å². The Morgan fingerprint density at radius 1 is 1.10 bits per heavy atom. The van der Waals surface area contributed by atoms with Gasteiger partial charge in [-0.2, -0.15) is 0 Å². The molecule has 0 saturated carbocycles.